The predicted octanol–water partition coefficient (Wildman–Crippen LogP) is 3.62. The van der Waals surface area contributed by atoms with E-state index >= 15 is 0 Å². The molecule has 0 fully saturated rings. The number of nitrogens with zero attached hydrogens (tertiary/aromatic N) is 2. The lowest BCUT2D eigenvalue weighted by atomic mass is 10.1. The third-order valence-electron chi connectivity index (χ3n) is 3.19. The van der Waals surface area contributed by atoms with Gasteiger partial charge in [0.2, 0.25) is 5.91 Å². The minimum absolute atomic E-state index is 0.0426. The van der Waals surface area contributed by atoms with Gasteiger partial charge in [-0.2, -0.15) is 5.26 Å². The second kappa shape index (κ2) is 6.53. The number of rotatable bonds is 4. The molecule has 3 nitrogen and oxygen atoms in total. The van der Waals surface area contributed by atoms with E-state index in [1.807, 2.05) is 48.5 Å². The fraction of sp³-hybridized carbons (Fsp3) is 0.176. The van der Waals surface area contributed by atoms with Crippen molar-refractivity contribution in [2.24, 2.45) is 0 Å². The highest BCUT2D eigenvalue weighted by atomic mass is 16.2. The van der Waals surface area contributed by atoms with Crippen molar-refractivity contribution in [2.45, 2.75) is 12.8 Å². The lowest BCUT2D eigenvalue weighted by molar-refractivity contribution is -0.118. The topological polar surface area (TPSA) is 44.1 Å². The number of hydrogen-bond acceptors (Lipinski definition) is 2. The Morgan fingerprint density at radius 3 is 2.25 bits per heavy atom. The summed E-state index contributed by atoms with van der Waals surface area (Å²) in [7, 11) is 1.73. The maximum atomic E-state index is 11.8. The van der Waals surface area contributed by atoms with E-state index in [9.17, 15) is 4.79 Å². The molecule has 0 saturated carbocycles. The van der Waals surface area contributed by atoms with Gasteiger partial charge in [0, 0.05) is 25.6 Å². The molecule has 0 heterocycles. The van der Waals surface area contributed by atoms with Crippen LogP contribution < -0.4 is 4.90 Å². The summed E-state index contributed by atoms with van der Waals surface area (Å²) in [5, 5.41) is 8.51. The van der Waals surface area contributed by atoms with Gasteiger partial charge in [-0.3, -0.25) is 4.79 Å². The largest absolute Gasteiger partial charge is 0.315 e. The fourth-order valence-electron chi connectivity index (χ4n) is 1.98. The summed E-state index contributed by atoms with van der Waals surface area (Å²) in [6.45, 7) is 0. The van der Waals surface area contributed by atoms with Gasteiger partial charge in [0.25, 0.3) is 0 Å². The Kier molecular flexibility index (Phi) is 4.52. The molecule has 20 heavy (non-hydrogen) atoms. The first-order valence-electron chi connectivity index (χ1n) is 6.51. The molecule has 0 radical (unpaired) electrons. The number of carbonyl (C=O) groups excluding carboxylic acids is 1. The van der Waals surface area contributed by atoms with Crippen molar-refractivity contribution in [2.75, 3.05) is 11.9 Å². The molecule has 0 aliphatic rings. The summed E-state index contributed by atoms with van der Waals surface area (Å²) in [5.41, 5.74) is 3.11. The molecule has 2 rings (SSSR count). The van der Waals surface area contributed by atoms with Crippen molar-refractivity contribution >= 4 is 11.6 Å². The van der Waals surface area contributed by atoms with Gasteiger partial charge in [-0.15, -0.1) is 0 Å². The minimum atomic E-state index is -0.0426. The number of benzene rings is 2. The molecule has 0 atom stereocenters. The molecule has 0 N–H and O–H groups in total. The van der Waals surface area contributed by atoms with Crippen LogP contribution in [0.5, 0.6) is 0 Å². The van der Waals surface area contributed by atoms with Gasteiger partial charge >= 0.3 is 0 Å². The van der Waals surface area contributed by atoms with E-state index in [0.29, 0.717) is 0 Å². The average molecular weight is 264 g/mol. The molecule has 0 spiro atoms. The van der Waals surface area contributed by atoms with Crippen LogP contribution in [0.1, 0.15) is 12.8 Å². The van der Waals surface area contributed by atoms with Crippen LogP contribution in [0.3, 0.4) is 0 Å². The Balaban J connectivity index is 2.12. The van der Waals surface area contributed by atoms with Crippen molar-refractivity contribution < 1.29 is 4.79 Å². The van der Waals surface area contributed by atoms with Crippen LogP contribution in [0.2, 0.25) is 0 Å². The molecule has 0 aliphatic carbocycles. The Hall–Kier alpha value is -2.60. The second-order valence-corrected chi connectivity index (χ2v) is 4.52. The Labute approximate surface area is 119 Å². The van der Waals surface area contributed by atoms with E-state index in [1.165, 1.54) is 0 Å². The maximum Gasteiger partial charge on any atom is 0.227 e. The minimum Gasteiger partial charge on any atom is -0.315 e. The van der Waals surface area contributed by atoms with Crippen molar-refractivity contribution in [3.8, 4) is 17.2 Å². The molecule has 0 aliphatic heterocycles. The van der Waals surface area contributed by atoms with Crippen molar-refractivity contribution in [3.63, 3.8) is 0 Å². The van der Waals surface area contributed by atoms with Gasteiger partial charge in [-0.05, 0) is 23.3 Å². The number of hydrogen-bond donors (Lipinski definition) is 0. The molecular formula is C17H16N2O. The van der Waals surface area contributed by atoms with Crippen LogP contribution in [0.25, 0.3) is 11.1 Å². The van der Waals surface area contributed by atoms with Gasteiger partial charge in [-0.25, -0.2) is 0 Å². The molecule has 2 aromatic rings. The normalized spacial score (nSPS) is 9.80. The van der Waals surface area contributed by atoms with Gasteiger partial charge in [0.05, 0.1) is 6.07 Å². The zero-order valence-electron chi connectivity index (χ0n) is 11.4. The second-order valence-electron chi connectivity index (χ2n) is 4.52. The molecule has 0 unspecified atom stereocenters. The molecular weight excluding hydrogens is 248 g/mol. The molecule has 0 bridgehead atoms. The third-order valence-corrected chi connectivity index (χ3v) is 3.19. The predicted molar refractivity (Wildman–Crippen MR) is 80.1 cm³/mol. The highest BCUT2D eigenvalue weighted by Gasteiger charge is 2.10. The molecule has 100 valence electrons. The van der Waals surface area contributed by atoms with E-state index in [2.05, 4.69) is 12.1 Å². The number of carbonyl (C=O) groups is 1. The van der Waals surface area contributed by atoms with Crippen LogP contribution in [0, 0.1) is 11.3 Å². The Morgan fingerprint density at radius 2 is 1.65 bits per heavy atom. The summed E-state index contributed by atoms with van der Waals surface area (Å²) in [4.78, 5) is 13.4. The lowest BCUT2D eigenvalue weighted by Gasteiger charge is -2.17. The zero-order valence-corrected chi connectivity index (χ0v) is 11.4. The highest BCUT2D eigenvalue weighted by molar-refractivity contribution is 5.93. The number of anilines is 1. The molecule has 1 amide bonds. The first-order chi connectivity index (χ1) is 9.72. The van der Waals surface area contributed by atoms with Gasteiger partial charge in [0.1, 0.15) is 0 Å². The number of amides is 1. The van der Waals surface area contributed by atoms with Gasteiger partial charge in [0.15, 0.2) is 0 Å². The third kappa shape index (κ3) is 3.24. The van der Waals surface area contributed by atoms with E-state index in [-0.39, 0.29) is 18.7 Å². The Morgan fingerprint density at radius 1 is 1.05 bits per heavy atom. The van der Waals surface area contributed by atoms with Crippen molar-refractivity contribution in [1.29, 1.82) is 5.26 Å². The van der Waals surface area contributed by atoms with Crippen LogP contribution >= 0.6 is 0 Å². The summed E-state index contributed by atoms with van der Waals surface area (Å²) in [6, 6.07) is 19.9. The summed E-state index contributed by atoms with van der Waals surface area (Å²) in [6.07, 6.45) is 0.513. The molecule has 0 saturated heterocycles. The standard InChI is InChI=1S/C17H16N2O/c1-19(17(20)8-5-13-18)16-11-9-15(10-12-16)14-6-3-2-4-7-14/h2-4,6-7,9-12H,5,8H2,1H3. The van der Waals surface area contributed by atoms with Gasteiger partial charge < -0.3 is 4.90 Å². The molecule has 2 aromatic carbocycles. The van der Waals surface area contributed by atoms with E-state index in [4.69, 9.17) is 5.26 Å². The highest BCUT2D eigenvalue weighted by Crippen LogP contribution is 2.22. The van der Waals surface area contributed by atoms with E-state index < -0.39 is 0 Å². The van der Waals surface area contributed by atoms with Crippen molar-refractivity contribution in [1.82, 2.24) is 0 Å². The summed E-state index contributed by atoms with van der Waals surface area (Å²) >= 11 is 0. The van der Waals surface area contributed by atoms with E-state index in [0.717, 1.165) is 16.8 Å². The number of nitriles is 1. The lowest BCUT2D eigenvalue weighted by Crippen LogP contribution is -2.25. The molecule has 3 heteroatoms. The van der Waals surface area contributed by atoms with Gasteiger partial charge in [-0.1, -0.05) is 42.5 Å². The van der Waals surface area contributed by atoms with Crippen molar-refractivity contribution in [3.05, 3.63) is 54.6 Å². The first kappa shape index (κ1) is 13.8. The monoisotopic (exact) mass is 264 g/mol. The fourth-order valence-corrected chi connectivity index (χ4v) is 1.98. The first-order valence-corrected chi connectivity index (χ1v) is 6.51. The van der Waals surface area contributed by atoms with Crippen LogP contribution in [0.4, 0.5) is 5.69 Å². The van der Waals surface area contributed by atoms with E-state index in [1.54, 1.807) is 11.9 Å². The van der Waals surface area contributed by atoms with Crippen LogP contribution in [-0.2, 0) is 4.79 Å². The SMILES string of the molecule is CN(C(=O)CCC#N)c1ccc(-c2ccccc2)cc1. The zero-order chi connectivity index (χ0) is 14.4. The van der Waals surface area contributed by atoms with Crippen LogP contribution in [-0.4, -0.2) is 13.0 Å². The smallest absolute Gasteiger partial charge is 0.227 e. The quantitative estimate of drug-likeness (QED) is 0.846. The molecule has 0 aromatic heterocycles. The average Bonchev–Trinajstić information content (AvgIpc) is 2.53. The van der Waals surface area contributed by atoms with Crippen LogP contribution in [0.15, 0.2) is 54.6 Å². The maximum absolute atomic E-state index is 11.8. The summed E-state index contributed by atoms with van der Waals surface area (Å²) < 4.78 is 0. The Bertz CT molecular complexity index is 612. The summed E-state index contributed by atoms with van der Waals surface area (Å²) in [5.74, 6) is -0.0426.